The third-order valence-electron chi connectivity index (χ3n) is 1.13. The zero-order chi connectivity index (χ0) is 10.1. The van der Waals surface area contributed by atoms with E-state index in [0.29, 0.717) is 0 Å². The summed E-state index contributed by atoms with van der Waals surface area (Å²) in [4.78, 5) is 10.4. The molecule has 1 rings (SSSR count). The molecule has 0 atom stereocenters. The van der Waals surface area contributed by atoms with Crippen molar-refractivity contribution < 1.29 is 23.0 Å². The van der Waals surface area contributed by atoms with Crippen LogP contribution < -0.4 is 5.82 Å². The third-order valence-corrected chi connectivity index (χ3v) is 1.88. The molecule has 0 bridgehead atoms. The van der Waals surface area contributed by atoms with Crippen LogP contribution in [0.1, 0.15) is 5.76 Å². The summed E-state index contributed by atoms with van der Waals surface area (Å²) in [6.07, 6.45) is 0. The minimum atomic E-state index is -2.66. The Morgan fingerprint density at radius 3 is 2.46 bits per heavy atom. The Hall–Kier alpha value is -1.00. The lowest BCUT2D eigenvalue weighted by Crippen LogP contribution is -1.90. The van der Waals surface area contributed by atoms with Crippen molar-refractivity contribution in [2.24, 2.45) is 0 Å². The molecule has 0 aliphatic carbocycles. The van der Waals surface area contributed by atoms with Crippen LogP contribution in [0.3, 0.4) is 0 Å². The Morgan fingerprint density at radius 1 is 1.46 bits per heavy atom. The Bertz CT molecular complexity index is 382. The molecule has 1 heterocycles. The summed E-state index contributed by atoms with van der Waals surface area (Å²) in [5.41, 5.74) is 0. The highest BCUT2D eigenvalue weighted by atomic mass is 31.2. The van der Waals surface area contributed by atoms with Crippen LogP contribution in [0.4, 0.5) is 0 Å². The molecule has 0 saturated heterocycles. The highest BCUT2D eigenvalue weighted by Gasteiger charge is 2.15. The second kappa shape index (κ2) is 3.40. The molecule has 0 saturated carbocycles. The van der Waals surface area contributed by atoms with Gasteiger partial charge in [0.2, 0.25) is 5.76 Å². The molecule has 13 heavy (non-hydrogen) atoms. The van der Waals surface area contributed by atoms with Crippen LogP contribution in [-0.2, 0) is 15.7 Å². The first-order valence-corrected chi connectivity index (χ1v) is 5.92. The summed E-state index contributed by atoms with van der Waals surface area (Å²) in [6, 6.07) is 0. The van der Waals surface area contributed by atoms with Gasteiger partial charge in [0.1, 0.15) is 6.61 Å². The van der Waals surface area contributed by atoms with Crippen LogP contribution in [0.2, 0.25) is 0 Å². The predicted molar refractivity (Wildman–Crippen MR) is 43.2 cm³/mol. The standard InChI is InChI=1S/C6H9O6P/c1-13(2,9)10-3-4-5(7)12-6(8)11-4/h7H,3H2,1-2H3. The lowest BCUT2D eigenvalue weighted by atomic mass is 10.5. The maximum Gasteiger partial charge on any atom is 0.521 e. The third kappa shape index (κ3) is 3.08. The average molecular weight is 208 g/mol. The number of hydrogen-bond acceptors (Lipinski definition) is 6. The second-order valence-corrected chi connectivity index (χ2v) is 5.47. The normalized spacial score (nSPS) is 11.8. The van der Waals surface area contributed by atoms with Crippen LogP contribution in [0.5, 0.6) is 5.95 Å². The van der Waals surface area contributed by atoms with Gasteiger partial charge in [-0.1, -0.05) is 0 Å². The molecule has 0 aromatic carbocycles. The minimum Gasteiger partial charge on any atom is -0.478 e. The van der Waals surface area contributed by atoms with Crippen molar-refractivity contribution in [1.29, 1.82) is 0 Å². The van der Waals surface area contributed by atoms with E-state index in [1.807, 2.05) is 0 Å². The molecule has 0 aliphatic heterocycles. The van der Waals surface area contributed by atoms with Crippen LogP contribution in [0, 0.1) is 0 Å². The molecule has 0 radical (unpaired) electrons. The van der Waals surface area contributed by atoms with Crippen molar-refractivity contribution in [3.8, 4) is 5.95 Å². The maximum absolute atomic E-state index is 11.1. The first-order chi connectivity index (χ1) is 5.88. The van der Waals surface area contributed by atoms with Crippen LogP contribution in [0.25, 0.3) is 0 Å². The Morgan fingerprint density at radius 2 is 2.08 bits per heavy atom. The molecule has 6 nitrogen and oxygen atoms in total. The SMILES string of the molecule is CP(C)(=O)OCc1oc(=O)oc1O. The van der Waals surface area contributed by atoms with Crippen molar-refractivity contribution in [2.75, 3.05) is 13.3 Å². The minimum absolute atomic E-state index is 0.158. The highest BCUT2D eigenvalue weighted by molar-refractivity contribution is 7.57. The van der Waals surface area contributed by atoms with E-state index < -0.39 is 19.1 Å². The van der Waals surface area contributed by atoms with Gasteiger partial charge < -0.3 is 18.5 Å². The van der Waals surface area contributed by atoms with Crippen LogP contribution >= 0.6 is 7.37 Å². The molecule has 0 fully saturated rings. The van der Waals surface area contributed by atoms with Gasteiger partial charge in [0.05, 0.1) is 0 Å². The van der Waals surface area contributed by atoms with E-state index in [9.17, 15) is 9.36 Å². The van der Waals surface area contributed by atoms with E-state index in [2.05, 4.69) is 8.83 Å². The fourth-order valence-electron chi connectivity index (χ4n) is 0.606. The number of rotatable bonds is 3. The van der Waals surface area contributed by atoms with Gasteiger partial charge >= 0.3 is 11.8 Å². The monoisotopic (exact) mass is 208 g/mol. The second-order valence-electron chi connectivity index (χ2n) is 2.71. The van der Waals surface area contributed by atoms with E-state index in [0.717, 1.165) is 0 Å². The van der Waals surface area contributed by atoms with Gasteiger partial charge in [-0.25, -0.2) is 4.79 Å². The number of aromatic hydroxyl groups is 1. The summed E-state index contributed by atoms with van der Waals surface area (Å²) in [5, 5.41) is 8.90. The highest BCUT2D eigenvalue weighted by Crippen LogP contribution is 2.38. The first-order valence-electron chi connectivity index (χ1n) is 3.40. The summed E-state index contributed by atoms with van der Waals surface area (Å²) >= 11 is 0. The van der Waals surface area contributed by atoms with E-state index in [4.69, 9.17) is 9.63 Å². The van der Waals surface area contributed by atoms with E-state index in [1.54, 1.807) is 0 Å². The molecule has 74 valence electrons. The first kappa shape index (κ1) is 10.1. The Kier molecular flexibility index (Phi) is 2.63. The van der Waals surface area contributed by atoms with Crippen LogP contribution in [-0.4, -0.2) is 18.4 Å². The fourth-order valence-corrected chi connectivity index (χ4v) is 1.03. The largest absolute Gasteiger partial charge is 0.521 e. The fraction of sp³-hybridized carbons (Fsp3) is 0.500. The van der Waals surface area contributed by atoms with Gasteiger partial charge in [0.15, 0.2) is 7.37 Å². The molecule has 7 heteroatoms. The summed E-state index contributed by atoms with van der Waals surface area (Å²) < 4.78 is 24.4. The summed E-state index contributed by atoms with van der Waals surface area (Å²) in [6.45, 7) is 2.56. The smallest absolute Gasteiger partial charge is 0.478 e. The lowest BCUT2D eigenvalue weighted by molar-refractivity contribution is 0.263. The molecule has 1 aromatic rings. The van der Waals surface area contributed by atoms with Gasteiger partial charge in [0.25, 0.3) is 0 Å². The topological polar surface area (TPSA) is 89.9 Å². The van der Waals surface area contributed by atoms with Gasteiger partial charge in [-0.3, -0.25) is 4.57 Å². The maximum atomic E-state index is 11.1. The molecule has 0 amide bonds. The molecule has 1 aromatic heterocycles. The van der Waals surface area contributed by atoms with Crippen molar-refractivity contribution >= 4 is 7.37 Å². The van der Waals surface area contributed by atoms with Crippen LogP contribution in [0.15, 0.2) is 13.6 Å². The van der Waals surface area contributed by atoms with E-state index >= 15 is 0 Å². The van der Waals surface area contributed by atoms with Crippen molar-refractivity contribution in [2.45, 2.75) is 6.61 Å². The van der Waals surface area contributed by atoms with Gasteiger partial charge in [0, 0.05) is 13.3 Å². The zero-order valence-corrected chi connectivity index (χ0v) is 8.04. The average Bonchev–Trinajstić information content (AvgIpc) is 2.24. The van der Waals surface area contributed by atoms with Gasteiger partial charge in [-0.05, 0) is 0 Å². The summed E-state index contributed by atoms with van der Waals surface area (Å²) in [7, 11) is -2.66. The van der Waals surface area contributed by atoms with Gasteiger partial charge in [-0.2, -0.15) is 0 Å². The summed E-state index contributed by atoms with van der Waals surface area (Å²) in [5.74, 6) is -1.81. The molecular weight excluding hydrogens is 199 g/mol. The Balaban J connectivity index is 2.70. The molecule has 1 N–H and O–H groups in total. The molecular formula is C6H9O6P. The predicted octanol–water partition coefficient (Wildman–Crippen LogP) is 0.993. The van der Waals surface area contributed by atoms with Crippen molar-refractivity contribution in [1.82, 2.24) is 0 Å². The van der Waals surface area contributed by atoms with Crippen molar-refractivity contribution in [3.05, 3.63) is 16.4 Å². The zero-order valence-electron chi connectivity index (χ0n) is 7.14. The lowest BCUT2D eigenvalue weighted by Gasteiger charge is -2.04. The van der Waals surface area contributed by atoms with Gasteiger partial charge in [-0.15, -0.1) is 0 Å². The number of hydrogen-bond donors (Lipinski definition) is 1. The molecule has 0 aliphatic rings. The quantitative estimate of drug-likeness (QED) is 0.745. The van der Waals surface area contributed by atoms with E-state index in [1.165, 1.54) is 13.3 Å². The molecule has 0 spiro atoms. The van der Waals surface area contributed by atoms with Crippen molar-refractivity contribution in [3.63, 3.8) is 0 Å². The Labute approximate surface area is 73.6 Å². The van der Waals surface area contributed by atoms with E-state index in [-0.39, 0.29) is 12.4 Å². The molecule has 0 unspecified atom stereocenters.